The molecule has 0 rings (SSSR count). The van der Waals surface area contributed by atoms with E-state index in [4.69, 9.17) is 5.11 Å². The van der Waals surface area contributed by atoms with E-state index in [2.05, 4.69) is 0 Å². The van der Waals surface area contributed by atoms with E-state index >= 15 is 0 Å². The average molecular weight is 190 g/mol. The Hall–Kier alpha value is -0.120. The third-order valence-corrected chi connectivity index (χ3v) is 2.15. The van der Waals surface area contributed by atoms with Crippen LogP contribution in [0.25, 0.3) is 0 Å². The standard InChI is InChI=1S/C10H22O3/c1-9(2,12)6-7-10(3,13)5-4-8-11/h11-13H,4-8H2,1-3H3. The van der Waals surface area contributed by atoms with Gasteiger partial charge in [-0.25, -0.2) is 0 Å². The first-order chi connectivity index (χ1) is 5.77. The van der Waals surface area contributed by atoms with E-state index in [0.717, 1.165) is 0 Å². The quantitative estimate of drug-likeness (QED) is 0.587. The van der Waals surface area contributed by atoms with Crippen LogP contribution in [0.2, 0.25) is 0 Å². The first kappa shape index (κ1) is 12.9. The summed E-state index contributed by atoms with van der Waals surface area (Å²) in [5.74, 6) is 0. The van der Waals surface area contributed by atoms with E-state index in [9.17, 15) is 10.2 Å². The van der Waals surface area contributed by atoms with Crippen LogP contribution in [-0.2, 0) is 0 Å². The van der Waals surface area contributed by atoms with Crippen molar-refractivity contribution in [2.45, 2.75) is 57.7 Å². The molecule has 0 spiro atoms. The van der Waals surface area contributed by atoms with Crippen LogP contribution >= 0.6 is 0 Å². The van der Waals surface area contributed by atoms with Crippen molar-refractivity contribution in [3.8, 4) is 0 Å². The summed E-state index contributed by atoms with van der Waals surface area (Å²) in [6.07, 6.45) is 2.33. The van der Waals surface area contributed by atoms with Crippen LogP contribution in [-0.4, -0.2) is 33.1 Å². The SMILES string of the molecule is CC(C)(O)CCC(C)(O)CCCO. The maximum absolute atomic E-state index is 9.79. The molecule has 80 valence electrons. The lowest BCUT2D eigenvalue weighted by molar-refractivity contribution is -0.00210. The topological polar surface area (TPSA) is 60.7 Å². The summed E-state index contributed by atoms with van der Waals surface area (Å²) in [5, 5.41) is 27.8. The van der Waals surface area contributed by atoms with E-state index in [-0.39, 0.29) is 6.61 Å². The summed E-state index contributed by atoms with van der Waals surface area (Å²) in [6, 6.07) is 0. The number of aliphatic hydroxyl groups excluding tert-OH is 1. The molecule has 0 saturated carbocycles. The van der Waals surface area contributed by atoms with Gasteiger partial charge in [-0.3, -0.25) is 0 Å². The van der Waals surface area contributed by atoms with Crippen molar-refractivity contribution >= 4 is 0 Å². The number of aliphatic hydroxyl groups is 3. The molecule has 1 atom stereocenters. The van der Waals surface area contributed by atoms with Crippen LogP contribution < -0.4 is 0 Å². The van der Waals surface area contributed by atoms with E-state index < -0.39 is 11.2 Å². The zero-order valence-corrected chi connectivity index (χ0v) is 8.88. The van der Waals surface area contributed by atoms with Crippen LogP contribution in [0, 0.1) is 0 Å². The summed E-state index contributed by atoms with van der Waals surface area (Å²) >= 11 is 0. The first-order valence-corrected chi connectivity index (χ1v) is 4.82. The zero-order chi connectivity index (χ0) is 10.5. The maximum atomic E-state index is 9.79. The van der Waals surface area contributed by atoms with Crippen LogP contribution in [0.1, 0.15) is 46.5 Å². The lowest BCUT2D eigenvalue weighted by Gasteiger charge is -2.26. The van der Waals surface area contributed by atoms with E-state index in [1.54, 1.807) is 20.8 Å². The zero-order valence-electron chi connectivity index (χ0n) is 8.88. The minimum absolute atomic E-state index is 0.110. The Balaban J connectivity index is 3.75. The molecule has 0 heterocycles. The lowest BCUT2D eigenvalue weighted by atomic mass is 9.89. The van der Waals surface area contributed by atoms with E-state index in [1.165, 1.54) is 0 Å². The molecule has 0 radical (unpaired) electrons. The molecule has 0 saturated heterocycles. The van der Waals surface area contributed by atoms with Crippen molar-refractivity contribution in [1.29, 1.82) is 0 Å². The van der Waals surface area contributed by atoms with Crippen molar-refractivity contribution in [1.82, 2.24) is 0 Å². The van der Waals surface area contributed by atoms with Gasteiger partial charge in [0, 0.05) is 6.61 Å². The van der Waals surface area contributed by atoms with Gasteiger partial charge in [-0.2, -0.15) is 0 Å². The molecule has 0 aliphatic carbocycles. The molecular formula is C10H22O3. The summed E-state index contributed by atoms with van der Waals surface area (Å²) in [7, 11) is 0. The second-order valence-electron chi connectivity index (χ2n) is 4.64. The number of rotatable bonds is 6. The first-order valence-electron chi connectivity index (χ1n) is 4.82. The fourth-order valence-corrected chi connectivity index (χ4v) is 1.16. The third kappa shape index (κ3) is 8.22. The normalized spacial score (nSPS) is 17.1. The molecule has 0 aromatic heterocycles. The molecule has 3 N–H and O–H groups in total. The molecule has 0 fully saturated rings. The summed E-state index contributed by atoms with van der Waals surface area (Å²) in [4.78, 5) is 0. The van der Waals surface area contributed by atoms with Gasteiger partial charge < -0.3 is 15.3 Å². The fraction of sp³-hybridized carbons (Fsp3) is 1.00. The highest BCUT2D eigenvalue weighted by molar-refractivity contribution is 4.77. The van der Waals surface area contributed by atoms with Gasteiger partial charge in [0.2, 0.25) is 0 Å². The van der Waals surface area contributed by atoms with Gasteiger partial charge in [0.05, 0.1) is 11.2 Å². The van der Waals surface area contributed by atoms with E-state index in [1.807, 2.05) is 0 Å². The molecule has 0 aliphatic rings. The van der Waals surface area contributed by atoms with Gasteiger partial charge >= 0.3 is 0 Å². The molecule has 0 aromatic rings. The van der Waals surface area contributed by atoms with Gasteiger partial charge in [-0.1, -0.05) is 0 Å². The molecule has 0 aliphatic heterocycles. The van der Waals surface area contributed by atoms with Crippen LogP contribution in [0.5, 0.6) is 0 Å². The van der Waals surface area contributed by atoms with Crippen LogP contribution in [0.3, 0.4) is 0 Å². The van der Waals surface area contributed by atoms with Crippen molar-refractivity contribution in [2.75, 3.05) is 6.61 Å². The Kier molecular flexibility index (Phi) is 4.89. The smallest absolute Gasteiger partial charge is 0.0621 e. The third-order valence-electron chi connectivity index (χ3n) is 2.15. The van der Waals surface area contributed by atoms with E-state index in [0.29, 0.717) is 25.7 Å². The minimum atomic E-state index is -0.761. The van der Waals surface area contributed by atoms with Gasteiger partial charge in [0.1, 0.15) is 0 Å². The Morgan fingerprint density at radius 1 is 0.923 bits per heavy atom. The minimum Gasteiger partial charge on any atom is -0.396 e. The summed E-state index contributed by atoms with van der Waals surface area (Å²) in [6.45, 7) is 5.32. The van der Waals surface area contributed by atoms with Gasteiger partial charge in [-0.05, 0) is 46.5 Å². The average Bonchev–Trinajstić information content (AvgIpc) is 1.97. The number of hydrogen-bond donors (Lipinski definition) is 3. The Morgan fingerprint density at radius 3 is 1.85 bits per heavy atom. The van der Waals surface area contributed by atoms with Crippen molar-refractivity contribution in [3.63, 3.8) is 0 Å². The molecule has 0 amide bonds. The van der Waals surface area contributed by atoms with Crippen LogP contribution in [0.15, 0.2) is 0 Å². The van der Waals surface area contributed by atoms with Crippen molar-refractivity contribution in [2.24, 2.45) is 0 Å². The lowest BCUT2D eigenvalue weighted by Crippen LogP contribution is -2.29. The predicted octanol–water partition coefficient (Wildman–Crippen LogP) is 1.06. The second kappa shape index (κ2) is 4.94. The monoisotopic (exact) mass is 190 g/mol. The molecule has 3 nitrogen and oxygen atoms in total. The second-order valence-corrected chi connectivity index (χ2v) is 4.64. The van der Waals surface area contributed by atoms with Crippen molar-refractivity contribution in [3.05, 3.63) is 0 Å². The largest absolute Gasteiger partial charge is 0.396 e. The van der Waals surface area contributed by atoms with Crippen LogP contribution in [0.4, 0.5) is 0 Å². The summed E-state index contributed by atoms with van der Waals surface area (Å²) < 4.78 is 0. The highest BCUT2D eigenvalue weighted by atomic mass is 16.3. The van der Waals surface area contributed by atoms with Gasteiger partial charge in [0.25, 0.3) is 0 Å². The molecule has 3 heteroatoms. The fourth-order valence-electron chi connectivity index (χ4n) is 1.16. The van der Waals surface area contributed by atoms with Gasteiger partial charge in [-0.15, -0.1) is 0 Å². The molecule has 0 bridgehead atoms. The maximum Gasteiger partial charge on any atom is 0.0621 e. The Labute approximate surface area is 80.4 Å². The summed E-state index contributed by atoms with van der Waals surface area (Å²) in [5.41, 5.74) is -1.48. The highest BCUT2D eigenvalue weighted by Gasteiger charge is 2.23. The predicted molar refractivity (Wildman–Crippen MR) is 52.5 cm³/mol. The highest BCUT2D eigenvalue weighted by Crippen LogP contribution is 2.22. The number of hydrogen-bond acceptors (Lipinski definition) is 3. The Bertz CT molecular complexity index is 136. The van der Waals surface area contributed by atoms with Gasteiger partial charge in [0.15, 0.2) is 0 Å². The van der Waals surface area contributed by atoms with Crippen molar-refractivity contribution < 1.29 is 15.3 Å². The molecular weight excluding hydrogens is 168 g/mol. The Morgan fingerprint density at radius 2 is 1.46 bits per heavy atom. The molecule has 0 aromatic carbocycles. The molecule has 13 heavy (non-hydrogen) atoms. The molecule has 1 unspecified atom stereocenters.